The lowest BCUT2D eigenvalue weighted by molar-refractivity contribution is 0.332. The number of hydrogen-bond acceptors (Lipinski definition) is 2. The first kappa shape index (κ1) is 8.57. The first-order chi connectivity index (χ1) is 6.29. The fraction of sp³-hybridized carbons (Fsp3) is 0.455. The van der Waals surface area contributed by atoms with Gasteiger partial charge in [-0.1, -0.05) is 18.2 Å². The van der Waals surface area contributed by atoms with Gasteiger partial charge >= 0.3 is 0 Å². The molecule has 2 rings (SSSR count). The summed E-state index contributed by atoms with van der Waals surface area (Å²) >= 11 is 0. The quantitative estimate of drug-likeness (QED) is 0.643. The molecule has 0 amide bonds. The lowest BCUT2D eigenvalue weighted by Gasteiger charge is -2.26. The standard InChI is InChI=1S/C11H16N2/c1-10-12(2)8-9-13(10)11-6-4-3-5-7-11/h3-7,10H,8-9H2,1-2H3. The molecule has 1 aliphatic rings. The first-order valence-electron chi connectivity index (χ1n) is 4.81. The summed E-state index contributed by atoms with van der Waals surface area (Å²) in [5.74, 6) is 0. The van der Waals surface area contributed by atoms with Crippen LogP contribution in [-0.2, 0) is 0 Å². The van der Waals surface area contributed by atoms with Crippen LogP contribution in [0.4, 0.5) is 5.69 Å². The second kappa shape index (κ2) is 3.38. The van der Waals surface area contributed by atoms with Crippen molar-refractivity contribution in [1.29, 1.82) is 0 Å². The molecule has 1 heterocycles. The van der Waals surface area contributed by atoms with Crippen LogP contribution >= 0.6 is 0 Å². The summed E-state index contributed by atoms with van der Waals surface area (Å²) in [6.45, 7) is 4.55. The minimum atomic E-state index is 0.530. The number of rotatable bonds is 1. The van der Waals surface area contributed by atoms with Gasteiger partial charge in [-0.3, -0.25) is 4.90 Å². The van der Waals surface area contributed by atoms with Crippen molar-refractivity contribution in [3.05, 3.63) is 30.3 Å². The van der Waals surface area contributed by atoms with Crippen LogP contribution in [0.25, 0.3) is 0 Å². The summed E-state index contributed by atoms with van der Waals surface area (Å²) in [5.41, 5.74) is 1.33. The van der Waals surface area contributed by atoms with Crippen molar-refractivity contribution in [3.63, 3.8) is 0 Å². The Balaban J connectivity index is 2.19. The molecule has 0 bridgehead atoms. The molecule has 1 aromatic rings. The lowest BCUT2D eigenvalue weighted by atomic mass is 10.3. The molecular weight excluding hydrogens is 160 g/mol. The number of anilines is 1. The Bertz CT molecular complexity index is 271. The van der Waals surface area contributed by atoms with Gasteiger partial charge in [-0.05, 0) is 26.1 Å². The molecule has 2 nitrogen and oxygen atoms in total. The molecule has 0 N–H and O–H groups in total. The van der Waals surface area contributed by atoms with E-state index in [9.17, 15) is 0 Å². The molecule has 1 aliphatic heterocycles. The fourth-order valence-electron chi connectivity index (χ4n) is 1.84. The normalized spacial score (nSPS) is 23.8. The van der Waals surface area contributed by atoms with Gasteiger partial charge in [-0.2, -0.15) is 0 Å². The second-order valence-electron chi connectivity index (χ2n) is 3.64. The summed E-state index contributed by atoms with van der Waals surface area (Å²) < 4.78 is 0. The van der Waals surface area contributed by atoms with E-state index in [1.54, 1.807) is 0 Å². The zero-order valence-electron chi connectivity index (χ0n) is 8.27. The predicted molar refractivity (Wildman–Crippen MR) is 55.9 cm³/mol. The minimum Gasteiger partial charge on any atom is -0.355 e. The van der Waals surface area contributed by atoms with Crippen LogP contribution in [0, 0.1) is 0 Å². The number of hydrogen-bond donors (Lipinski definition) is 0. The van der Waals surface area contributed by atoms with E-state index in [1.165, 1.54) is 5.69 Å². The molecule has 1 aromatic carbocycles. The fourth-order valence-corrected chi connectivity index (χ4v) is 1.84. The van der Waals surface area contributed by atoms with Crippen molar-refractivity contribution in [2.45, 2.75) is 13.1 Å². The third-order valence-electron chi connectivity index (χ3n) is 2.87. The maximum atomic E-state index is 2.43. The molecule has 0 aromatic heterocycles. The largest absolute Gasteiger partial charge is 0.355 e. The highest BCUT2D eigenvalue weighted by atomic mass is 15.4. The SMILES string of the molecule is CC1N(C)CCN1c1ccccc1. The molecule has 0 aliphatic carbocycles. The van der Waals surface area contributed by atoms with E-state index in [2.05, 4.69) is 54.1 Å². The lowest BCUT2D eigenvalue weighted by Crippen LogP contribution is -2.33. The van der Waals surface area contributed by atoms with Gasteiger partial charge in [0.05, 0.1) is 6.17 Å². The number of nitrogens with zero attached hydrogens (tertiary/aromatic N) is 2. The number of benzene rings is 1. The third-order valence-corrected chi connectivity index (χ3v) is 2.87. The van der Waals surface area contributed by atoms with Crippen LogP contribution in [0.1, 0.15) is 6.92 Å². The third kappa shape index (κ3) is 1.54. The van der Waals surface area contributed by atoms with E-state index in [-0.39, 0.29) is 0 Å². The summed E-state index contributed by atoms with van der Waals surface area (Å²) in [6.07, 6.45) is 0.530. The topological polar surface area (TPSA) is 6.48 Å². The summed E-state index contributed by atoms with van der Waals surface area (Å²) in [6, 6.07) is 10.6. The van der Waals surface area contributed by atoms with Crippen LogP contribution < -0.4 is 4.90 Å². The molecule has 0 saturated carbocycles. The zero-order valence-corrected chi connectivity index (χ0v) is 8.27. The molecule has 1 fully saturated rings. The first-order valence-corrected chi connectivity index (χ1v) is 4.81. The van der Waals surface area contributed by atoms with E-state index in [0.29, 0.717) is 6.17 Å². The maximum absolute atomic E-state index is 2.43. The Hall–Kier alpha value is -1.02. The number of likely N-dealkylation sites (N-methyl/N-ethyl adjacent to an activating group) is 1. The van der Waals surface area contributed by atoms with Gasteiger partial charge in [0.25, 0.3) is 0 Å². The smallest absolute Gasteiger partial charge is 0.0790 e. The minimum absolute atomic E-state index is 0.530. The van der Waals surface area contributed by atoms with Crippen LogP contribution in [0.5, 0.6) is 0 Å². The van der Waals surface area contributed by atoms with Gasteiger partial charge in [-0.25, -0.2) is 0 Å². The Labute approximate surface area is 79.8 Å². The summed E-state index contributed by atoms with van der Waals surface area (Å²) in [7, 11) is 2.17. The molecule has 1 unspecified atom stereocenters. The van der Waals surface area contributed by atoms with E-state index in [4.69, 9.17) is 0 Å². The van der Waals surface area contributed by atoms with E-state index in [1.807, 2.05) is 0 Å². The van der Waals surface area contributed by atoms with E-state index in [0.717, 1.165) is 13.1 Å². The molecule has 2 heteroatoms. The molecule has 0 spiro atoms. The van der Waals surface area contributed by atoms with Gasteiger partial charge in [0.1, 0.15) is 0 Å². The Kier molecular flexibility index (Phi) is 2.23. The Morgan fingerprint density at radius 3 is 2.38 bits per heavy atom. The molecular formula is C11H16N2. The van der Waals surface area contributed by atoms with Gasteiger partial charge in [0.2, 0.25) is 0 Å². The van der Waals surface area contributed by atoms with E-state index >= 15 is 0 Å². The summed E-state index contributed by atoms with van der Waals surface area (Å²) in [4.78, 5) is 4.80. The van der Waals surface area contributed by atoms with Crippen molar-refractivity contribution >= 4 is 5.69 Å². The monoisotopic (exact) mass is 176 g/mol. The van der Waals surface area contributed by atoms with Crippen molar-refractivity contribution in [2.24, 2.45) is 0 Å². The maximum Gasteiger partial charge on any atom is 0.0790 e. The highest BCUT2D eigenvalue weighted by Crippen LogP contribution is 2.21. The molecule has 1 atom stereocenters. The van der Waals surface area contributed by atoms with Crippen LogP contribution in [0.15, 0.2) is 30.3 Å². The average molecular weight is 176 g/mol. The van der Waals surface area contributed by atoms with Gasteiger partial charge < -0.3 is 4.90 Å². The van der Waals surface area contributed by atoms with Gasteiger partial charge in [0.15, 0.2) is 0 Å². The average Bonchev–Trinajstić information content (AvgIpc) is 2.49. The van der Waals surface area contributed by atoms with Crippen molar-refractivity contribution in [2.75, 3.05) is 25.0 Å². The highest BCUT2D eigenvalue weighted by Gasteiger charge is 2.24. The Morgan fingerprint density at radius 2 is 1.85 bits per heavy atom. The highest BCUT2D eigenvalue weighted by molar-refractivity contribution is 5.47. The molecule has 13 heavy (non-hydrogen) atoms. The van der Waals surface area contributed by atoms with Crippen molar-refractivity contribution < 1.29 is 0 Å². The van der Waals surface area contributed by atoms with Crippen molar-refractivity contribution in [1.82, 2.24) is 4.90 Å². The predicted octanol–water partition coefficient (Wildman–Crippen LogP) is 1.78. The zero-order chi connectivity index (χ0) is 9.26. The number of para-hydroxylation sites is 1. The molecule has 0 radical (unpaired) electrons. The van der Waals surface area contributed by atoms with Gasteiger partial charge in [-0.15, -0.1) is 0 Å². The molecule has 70 valence electrons. The van der Waals surface area contributed by atoms with E-state index < -0.39 is 0 Å². The van der Waals surface area contributed by atoms with Crippen LogP contribution in [0.3, 0.4) is 0 Å². The van der Waals surface area contributed by atoms with Crippen LogP contribution in [0.2, 0.25) is 0 Å². The Morgan fingerprint density at radius 1 is 1.15 bits per heavy atom. The molecule has 1 saturated heterocycles. The summed E-state index contributed by atoms with van der Waals surface area (Å²) in [5, 5.41) is 0. The van der Waals surface area contributed by atoms with Crippen molar-refractivity contribution in [3.8, 4) is 0 Å². The van der Waals surface area contributed by atoms with Crippen LogP contribution in [-0.4, -0.2) is 31.2 Å². The second-order valence-corrected chi connectivity index (χ2v) is 3.64. The van der Waals surface area contributed by atoms with Gasteiger partial charge in [0, 0.05) is 18.8 Å².